The second kappa shape index (κ2) is 8.52. The number of hydrogen-bond donors (Lipinski definition) is 1. The van der Waals surface area contributed by atoms with Crippen LogP contribution >= 0.6 is 0 Å². The van der Waals surface area contributed by atoms with Gasteiger partial charge in [-0.25, -0.2) is 0 Å². The fourth-order valence-electron chi connectivity index (χ4n) is 4.37. The maximum absolute atomic E-state index is 12.5. The number of guanidine groups is 1. The molecule has 2 unspecified atom stereocenters. The molecule has 2 atom stereocenters. The van der Waals surface area contributed by atoms with Crippen molar-refractivity contribution in [3.8, 4) is 0 Å². The molecule has 6 heteroatoms. The zero-order chi connectivity index (χ0) is 19.5. The fourth-order valence-corrected chi connectivity index (χ4v) is 4.37. The zero-order valence-corrected chi connectivity index (χ0v) is 17.1. The second-order valence-corrected chi connectivity index (χ2v) is 8.27. The van der Waals surface area contributed by atoms with Crippen LogP contribution in [0.3, 0.4) is 0 Å². The molecule has 2 aliphatic heterocycles. The van der Waals surface area contributed by atoms with Crippen LogP contribution in [0, 0.1) is 12.8 Å². The van der Waals surface area contributed by atoms with E-state index < -0.39 is 0 Å². The van der Waals surface area contributed by atoms with E-state index in [4.69, 9.17) is 4.74 Å². The van der Waals surface area contributed by atoms with Gasteiger partial charge in [-0.15, -0.1) is 0 Å². The third kappa shape index (κ3) is 4.32. The molecule has 0 bridgehead atoms. The molecule has 0 aromatic heterocycles. The summed E-state index contributed by atoms with van der Waals surface area (Å²) in [7, 11) is 1.80. The average molecular weight is 385 g/mol. The number of ether oxygens (including phenoxy) is 1. The molecule has 2 saturated heterocycles. The van der Waals surface area contributed by atoms with Crippen LogP contribution < -0.4 is 5.32 Å². The van der Waals surface area contributed by atoms with Gasteiger partial charge in [0.2, 0.25) is 5.91 Å². The van der Waals surface area contributed by atoms with Gasteiger partial charge in [-0.1, -0.05) is 29.8 Å². The second-order valence-electron chi connectivity index (χ2n) is 8.27. The van der Waals surface area contributed by atoms with Crippen molar-refractivity contribution in [2.24, 2.45) is 10.9 Å². The first-order valence-electron chi connectivity index (χ1n) is 10.6. The van der Waals surface area contributed by atoms with Crippen molar-refractivity contribution >= 4 is 11.9 Å². The summed E-state index contributed by atoms with van der Waals surface area (Å²) in [5.74, 6) is 1.46. The summed E-state index contributed by atoms with van der Waals surface area (Å²) in [6.45, 7) is 5.83. The molecule has 1 aromatic carbocycles. The summed E-state index contributed by atoms with van der Waals surface area (Å²) in [5, 5.41) is 3.53. The third-order valence-electron chi connectivity index (χ3n) is 6.13. The van der Waals surface area contributed by atoms with Gasteiger partial charge < -0.3 is 19.9 Å². The van der Waals surface area contributed by atoms with Crippen LogP contribution in [0.1, 0.15) is 42.9 Å². The molecule has 0 spiro atoms. The van der Waals surface area contributed by atoms with Gasteiger partial charge in [0.1, 0.15) is 0 Å². The number of amides is 1. The fraction of sp³-hybridized carbons (Fsp3) is 0.636. The summed E-state index contributed by atoms with van der Waals surface area (Å²) in [6, 6.07) is 9.18. The van der Waals surface area contributed by atoms with E-state index in [9.17, 15) is 4.79 Å². The minimum atomic E-state index is 0.119. The molecule has 0 radical (unpaired) electrons. The summed E-state index contributed by atoms with van der Waals surface area (Å²) in [5.41, 5.74) is 2.52. The van der Waals surface area contributed by atoms with E-state index in [1.54, 1.807) is 7.05 Å². The molecule has 3 fully saturated rings. The van der Waals surface area contributed by atoms with Crippen LogP contribution in [-0.2, 0) is 9.53 Å². The number of nitrogens with zero attached hydrogens (tertiary/aromatic N) is 3. The van der Waals surface area contributed by atoms with Crippen LogP contribution in [0.4, 0.5) is 0 Å². The Morgan fingerprint density at radius 3 is 2.68 bits per heavy atom. The van der Waals surface area contributed by atoms with Gasteiger partial charge in [0, 0.05) is 45.2 Å². The first kappa shape index (κ1) is 19.2. The Morgan fingerprint density at radius 2 is 2.00 bits per heavy atom. The molecule has 3 aliphatic rings. The van der Waals surface area contributed by atoms with Gasteiger partial charge in [0.05, 0.1) is 12.6 Å². The quantitative estimate of drug-likeness (QED) is 0.640. The summed E-state index contributed by atoms with van der Waals surface area (Å²) >= 11 is 0. The monoisotopic (exact) mass is 384 g/mol. The average Bonchev–Trinajstić information content (AvgIpc) is 3.55. The first-order valence-corrected chi connectivity index (χ1v) is 10.6. The maximum atomic E-state index is 12.5. The highest BCUT2D eigenvalue weighted by molar-refractivity contribution is 5.88. The lowest BCUT2D eigenvalue weighted by molar-refractivity contribution is -0.135. The van der Waals surface area contributed by atoms with Crippen molar-refractivity contribution in [3.05, 3.63) is 35.4 Å². The topological polar surface area (TPSA) is 57.2 Å². The highest BCUT2D eigenvalue weighted by Gasteiger charge is 2.36. The Kier molecular flexibility index (Phi) is 5.85. The zero-order valence-electron chi connectivity index (χ0n) is 17.1. The lowest BCUT2D eigenvalue weighted by Gasteiger charge is -2.37. The van der Waals surface area contributed by atoms with Gasteiger partial charge in [0.25, 0.3) is 0 Å². The van der Waals surface area contributed by atoms with Crippen molar-refractivity contribution in [1.82, 2.24) is 15.1 Å². The van der Waals surface area contributed by atoms with Crippen LogP contribution in [0.2, 0.25) is 0 Å². The van der Waals surface area contributed by atoms with E-state index in [-0.39, 0.29) is 12.0 Å². The predicted molar refractivity (Wildman–Crippen MR) is 110 cm³/mol. The number of nitrogens with one attached hydrogen (secondary N) is 1. The molecular formula is C22H32N4O2. The molecule has 28 heavy (non-hydrogen) atoms. The lowest BCUT2D eigenvalue weighted by Crippen LogP contribution is -2.56. The molecule has 4 rings (SSSR count). The highest BCUT2D eigenvalue weighted by atomic mass is 16.5. The normalized spacial score (nSPS) is 26.5. The first-order chi connectivity index (χ1) is 13.7. The molecule has 2 heterocycles. The van der Waals surface area contributed by atoms with E-state index in [2.05, 4.69) is 46.4 Å². The standard InChI is InChI=1S/C22H32N4O2/c1-16-5-7-17(8-6-16)21-18(4-3-13-28-21)14-24-22(23-2)25-11-12-26(19-9-10-19)20(27)15-25/h5-8,18-19,21H,3-4,9-15H2,1-2H3,(H,23,24). The number of aliphatic imine (C=N–C) groups is 1. The number of carbonyl (C=O) groups is 1. The predicted octanol–water partition coefficient (Wildman–Crippen LogP) is 2.34. The summed E-state index contributed by atoms with van der Waals surface area (Å²) in [6.07, 6.45) is 4.68. The number of aryl methyl sites for hydroxylation is 1. The van der Waals surface area contributed by atoms with E-state index in [1.165, 1.54) is 24.0 Å². The number of hydrogen-bond acceptors (Lipinski definition) is 3. The molecule has 1 aliphatic carbocycles. The smallest absolute Gasteiger partial charge is 0.242 e. The van der Waals surface area contributed by atoms with E-state index in [1.807, 2.05) is 4.90 Å². The molecule has 1 amide bonds. The molecular weight excluding hydrogens is 352 g/mol. The molecule has 6 nitrogen and oxygen atoms in total. The Bertz CT molecular complexity index is 714. The van der Waals surface area contributed by atoms with Crippen LogP contribution in [0.15, 0.2) is 29.3 Å². The molecule has 1 aromatic rings. The Hall–Kier alpha value is -2.08. The summed E-state index contributed by atoms with van der Waals surface area (Å²) < 4.78 is 6.14. The SMILES string of the molecule is CN=C(NCC1CCCOC1c1ccc(C)cc1)N1CCN(C2CC2)C(=O)C1. The summed E-state index contributed by atoms with van der Waals surface area (Å²) in [4.78, 5) is 21.0. The number of benzene rings is 1. The number of rotatable bonds is 4. The van der Waals surface area contributed by atoms with Gasteiger partial charge >= 0.3 is 0 Å². The Balaban J connectivity index is 1.36. The Morgan fingerprint density at radius 1 is 1.21 bits per heavy atom. The van der Waals surface area contributed by atoms with Gasteiger partial charge in [-0.05, 0) is 38.2 Å². The molecule has 152 valence electrons. The Labute approximate surface area is 167 Å². The number of piperazine rings is 1. The minimum absolute atomic E-state index is 0.119. The third-order valence-corrected chi connectivity index (χ3v) is 6.13. The largest absolute Gasteiger partial charge is 0.373 e. The van der Waals surface area contributed by atoms with Crippen LogP contribution in [-0.4, -0.2) is 67.5 Å². The molecule has 1 N–H and O–H groups in total. The highest BCUT2D eigenvalue weighted by Crippen LogP contribution is 2.33. The van der Waals surface area contributed by atoms with E-state index >= 15 is 0 Å². The van der Waals surface area contributed by atoms with Crippen molar-refractivity contribution < 1.29 is 9.53 Å². The van der Waals surface area contributed by atoms with Crippen LogP contribution in [0.25, 0.3) is 0 Å². The molecule has 1 saturated carbocycles. The maximum Gasteiger partial charge on any atom is 0.242 e. The van der Waals surface area contributed by atoms with E-state index in [0.717, 1.165) is 45.0 Å². The van der Waals surface area contributed by atoms with E-state index in [0.29, 0.717) is 18.5 Å². The van der Waals surface area contributed by atoms with Crippen molar-refractivity contribution in [2.45, 2.75) is 44.8 Å². The van der Waals surface area contributed by atoms with Gasteiger partial charge in [-0.3, -0.25) is 9.79 Å². The number of carbonyl (C=O) groups excluding carboxylic acids is 1. The van der Waals surface area contributed by atoms with Crippen molar-refractivity contribution in [1.29, 1.82) is 0 Å². The van der Waals surface area contributed by atoms with Crippen molar-refractivity contribution in [2.75, 3.05) is 39.8 Å². The lowest BCUT2D eigenvalue weighted by atomic mass is 9.89. The van der Waals surface area contributed by atoms with Crippen LogP contribution in [0.5, 0.6) is 0 Å². The minimum Gasteiger partial charge on any atom is -0.373 e. The van der Waals surface area contributed by atoms with Crippen molar-refractivity contribution in [3.63, 3.8) is 0 Å². The van der Waals surface area contributed by atoms with Gasteiger partial charge in [0.15, 0.2) is 5.96 Å². The van der Waals surface area contributed by atoms with Gasteiger partial charge in [-0.2, -0.15) is 0 Å².